The van der Waals surface area contributed by atoms with E-state index in [0.717, 1.165) is 0 Å². The molecule has 0 radical (unpaired) electrons. The topological polar surface area (TPSA) is 151 Å². The maximum Gasteiger partial charge on any atom is 0.338 e. The van der Waals surface area contributed by atoms with Crippen molar-refractivity contribution in [2.24, 2.45) is 11.7 Å². The Kier molecular flexibility index (Phi) is 7.09. The second-order valence-electron chi connectivity index (χ2n) is 5.38. The van der Waals surface area contributed by atoms with Crippen molar-refractivity contribution >= 4 is 29.5 Å². The Balaban J connectivity index is 2.78. The summed E-state index contributed by atoms with van der Waals surface area (Å²) in [4.78, 5) is 46.0. The van der Waals surface area contributed by atoms with Gasteiger partial charge in [0.2, 0.25) is 5.91 Å². The fourth-order valence-corrected chi connectivity index (χ4v) is 1.83. The number of benzene rings is 1. The predicted molar refractivity (Wildman–Crippen MR) is 87.1 cm³/mol. The number of primary amides is 1. The molecule has 132 valence electrons. The Morgan fingerprint density at radius 3 is 2.28 bits per heavy atom. The first-order valence-electron chi connectivity index (χ1n) is 7.32. The lowest BCUT2D eigenvalue weighted by atomic mass is 10.1. The minimum absolute atomic E-state index is 0.149. The molecule has 1 aromatic carbocycles. The Morgan fingerprint density at radius 1 is 1.20 bits per heavy atom. The summed E-state index contributed by atoms with van der Waals surface area (Å²) in [6, 6.07) is 6.39. The summed E-state index contributed by atoms with van der Waals surface area (Å²) >= 11 is 0. The van der Waals surface area contributed by atoms with Gasteiger partial charge in [0.1, 0.15) is 6.42 Å². The third kappa shape index (κ3) is 6.31. The molecule has 0 spiro atoms. The number of nitrogens with zero attached hydrogens (tertiary/aromatic N) is 1. The first-order chi connectivity index (χ1) is 11.7. The lowest BCUT2D eigenvalue weighted by Crippen LogP contribution is -2.45. The molecular weight excluding hydrogens is 328 g/mol. The summed E-state index contributed by atoms with van der Waals surface area (Å²) in [6.45, 7) is 3.29. The van der Waals surface area contributed by atoms with Gasteiger partial charge in [-0.05, 0) is 30.2 Å². The van der Waals surface area contributed by atoms with Gasteiger partial charge < -0.3 is 15.8 Å². The second kappa shape index (κ2) is 9.02. The Bertz CT molecular complexity index is 706. The highest BCUT2D eigenvalue weighted by Crippen LogP contribution is 2.14. The molecule has 0 bridgehead atoms. The minimum atomic E-state index is -1.19. The molecule has 0 fully saturated rings. The van der Waals surface area contributed by atoms with Gasteiger partial charge in [-0.15, -0.1) is 0 Å². The number of rotatable bonds is 6. The van der Waals surface area contributed by atoms with Crippen LogP contribution in [0.4, 0.5) is 10.5 Å². The van der Waals surface area contributed by atoms with Crippen LogP contribution in [0.25, 0.3) is 0 Å². The molecule has 0 aliphatic carbocycles. The monoisotopic (exact) mass is 346 g/mol. The third-order valence-corrected chi connectivity index (χ3v) is 2.99. The molecule has 0 unspecified atom stereocenters. The van der Waals surface area contributed by atoms with Crippen molar-refractivity contribution in [2.75, 3.05) is 5.32 Å². The van der Waals surface area contributed by atoms with Gasteiger partial charge in [-0.3, -0.25) is 14.9 Å². The molecule has 0 aliphatic rings. The van der Waals surface area contributed by atoms with Crippen molar-refractivity contribution in [1.29, 1.82) is 5.26 Å². The summed E-state index contributed by atoms with van der Waals surface area (Å²) in [6.07, 6.45) is -1.47. The van der Waals surface area contributed by atoms with Gasteiger partial charge in [0.15, 0.2) is 6.10 Å². The van der Waals surface area contributed by atoms with Crippen LogP contribution in [0, 0.1) is 17.2 Å². The maximum absolute atomic E-state index is 12.1. The zero-order valence-corrected chi connectivity index (χ0v) is 13.7. The number of imide groups is 1. The molecule has 1 atom stereocenters. The second-order valence-corrected chi connectivity index (χ2v) is 5.38. The van der Waals surface area contributed by atoms with Gasteiger partial charge >= 0.3 is 12.0 Å². The molecule has 0 saturated carbocycles. The molecule has 9 heteroatoms. The lowest BCUT2D eigenvalue weighted by Gasteiger charge is -2.19. The third-order valence-electron chi connectivity index (χ3n) is 2.99. The van der Waals surface area contributed by atoms with E-state index in [1.807, 2.05) is 5.32 Å². The van der Waals surface area contributed by atoms with Crippen molar-refractivity contribution in [3.8, 4) is 6.07 Å². The van der Waals surface area contributed by atoms with Crippen LogP contribution in [-0.2, 0) is 14.3 Å². The van der Waals surface area contributed by atoms with Crippen molar-refractivity contribution in [2.45, 2.75) is 26.4 Å². The van der Waals surface area contributed by atoms with Crippen molar-refractivity contribution in [3.05, 3.63) is 29.8 Å². The number of nitrogens with one attached hydrogen (secondary N) is 2. The van der Waals surface area contributed by atoms with Gasteiger partial charge in [-0.25, -0.2) is 9.59 Å². The van der Waals surface area contributed by atoms with E-state index in [9.17, 15) is 19.2 Å². The summed E-state index contributed by atoms with van der Waals surface area (Å²) in [5.41, 5.74) is 5.44. The number of carbonyl (C=O) groups excluding carboxylic acids is 4. The van der Waals surface area contributed by atoms with Crippen molar-refractivity contribution in [1.82, 2.24) is 5.32 Å². The highest BCUT2D eigenvalue weighted by Gasteiger charge is 2.27. The zero-order valence-electron chi connectivity index (χ0n) is 13.7. The van der Waals surface area contributed by atoms with Gasteiger partial charge in [-0.2, -0.15) is 5.26 Å². The summed E-state index contributed by atoms with van der Waals surface area (Å²) in [5.74, 6) is -2.43. The van der Waals surface area contributed by atoms with E-state index < -0.39 is 29.9 Å². The van der Waals surface area contributed by atoms with Crippen molar-refractivity contribution < 1.29 is 23.9 Å². The molecular formula is C16H18N4O5. The fraction of sp³-hybridized carbons (Fsp3) is 0.312. The first kappa shape index (κ1) is 19.6. The molecule has 1 aromatic rings. The number of ether oxygens (including phenoxy) is 1. The Hall–Kier alpha value is -3.41. The van der Waals surface area contributed by atoms with Gasteiger partial charge in [0.25, 0.3) is 5.91 Å². The molecule has 9 nitrogen and oxygen atoms in total. The molecule has 0 heterocycles. The van der Waals surface area contributed by atoms with Crippen LogP contribution in [-0.4, -0.2) is 29.9 Å². The molecule has 4 N–H and O–H groups in total. The Labute approximate surface area is 144 Å². The molecule has 25 heavy (non-hydrogen) atoms. The average Bonchev–Trinajstić information content (AvgIpc) is 2.52. The van der Waals surface area contributed by atoms with E-state index in [0.29, 0.717) is 5.69 Å². The number of esters is 1. The maximum atomic E-state index is 12.1. The normalized spacial score (nSPS) is 11.1. The summed E-state index contributed by atoms with van der Waals surface area (Å²) in [7, 11) is 0. The van der Waals surface area contributed by atoms with Crippen molar-refractivity contribution in [3.63, 3.8) is 0 Å². The van der Waals surface area contributed by atoms with Crippen LogP contribution in [0.3, 0.4) is 0 Å². The quantitative estimate of drug-likeness (QED) is 0.651. The van der Waals surface area contributed by atoms with Crippen LogP contribution in [0.5, 0.6) is 0 Å². The Morgan fingerprint density at radius 2 is 1.80 bits per heavy atom. The predicted octanol–water partition coefficient (Wildman–Crippen LogP) is 0.915. The van der Waals surface area contributed by atoms with E-state index in [1.54, 1.807) is 19.9 Å². The molecule has 4 amide bonds. The van der Waals surface area contributed by atoms with Gasteiger partial charge in [0, 0.05) is 5.69 Å². The van der Waals surface area contributed by atoms with E-state index in [4.69, 9.17) is 15.7 Å². The van der Waals surface area contributed by atoms with Crippen LogP contribution < -0.4 is 16.4 Å². The number of anilines is 1. The summed E-state index contributed by atoms with van der Waals surface area (Å²) in [5, 5.41) is 12.8. The fourth-order valence-electron chi connectivity index (χ4n) is 1.83. The highest BCUT2D eigenvalue weighted by atomic mass is 16.5. The number of carbonyl (C=O) groups is 4. The number of hydrogen-bond acceptors (Lipinski definition) is 6. The zero-order chi connectivity index (χ0) is 19.0. The van der Waals surface area contributed by atoms with Gasteiger partial charge in [0.05, 0.1) is 11.6 Å². The smallest absolute Gasteiger partial charge is 0.338 e. The average molecular weight is 346 g/mol. The standard InChI is InChI=1S/C16H18N4O5/c1-9(2)13(14(22)20-16(18)24)25-15(23)10-3-5-11(6-4-10)19-12(21)7-8-17/h3-6,9,13H,7H2,1-2H3,(H,19,21)(H3,18,20,22,24)/t13-/m1/s1. The van der Waals surface area contributed by atoms with E-state index in [-0.39, 0.29) is 17.9 Å². The number of urea groups is 1. The van der Waals surface area contributed by atoms with E-state index in [2.05, 4.69) is 5.32 Å². The molecule has 1 rings (SSSR count). The van der Waals surface area contributed by atoms with Crippen LogP contribution in [0.2, 0.25) is 0 Å². The highest BCUT2D eigenvalue weighted by molar-refractivity contribution is 5.98. The van der Waals surface area contributed by atoms with Gasteiger partial charge in [-0.1, -0.05) is 13.8 Å². The molecule has 0 saturated heterocycles. The van der Waals surface area contributed by atoms with Crippen LogP contribution >= 0.6 is 0 Å². The minimum Gasteiger partial charge on any atom is -0.448 e. The largest absolute Gasteiger partial charge is 0.448 e. The number of nitriles is 1. The lowest BCUT2D eigenvalue weighted by molar-refractivity contribution is -0.130. The number of nitrogens with two attached hydrogens (primary N) is 1. The number of hydrogen-bond donors (Lipinski definition) is 3. The number of amides is 4. The first-order valence-corrected chi connectivity index (χ1v) is 7.32. The molecule has 0 aliphatic heterocycles. The van der Waals surface area contributed by atoms with E-state index >= 15 is 0 Å². The molecule has 0 aromatic heterocycles. The SMILES string of the molecule is CC(C)[C@@H](OC(=O)c1ccc(NC(=O)CC#N)cc1)C(=O)NC(N)=O. The van der Waals surface area contributed by atoms with Crippen LogP contribution in [0.1, 0.15) is 30.6 Å². The van der Waals surface area contributed by atoms with Crippen LogP contribution in [0.15, 0.2) is 24.3 Å². The summed E-state index contributed by atoms with van der Waals surface area (Å²) < 4.78 is 5.13. The van der Waals surface area contributed by atoms with E-state index in [1.165, 1.54) is 24.3 Å².